The highest BCUT2D eigenvalue weighted by atomic mass is 16.2. The fourth-order valence-electron chi connectivity index (χ4n) is 3.25. The van der Waals surface area contributed by atoms with Gasteiger partial charge in [0.1, 0.15) is 17.1 Å². The van der Waals surface area contributed by atoms with Crippen molar-refractivity contribution < 1.29 is 9.59 Å². The van der Waals surface area contributed by atoms with Gasteiger partial charge < -0.3 is 17.2 Å². The fourth-order valence-corrected chi connectivity index (χ4v) is 3.25. The third-order valence-electron chi connectivity index (χ3n) is 4.71. The summed E-state index contributed by atoms with van der Waals surface area (Å²) in [6, 6.07) is 13.8. The van der Waals surface area contributed by atoms with Gasteiger partial charge in [0, 0.05) is 5.56 Å². The molecule has 8 nitrogen and oxygen atoms in total. The van der Waals surface area contributed by atoms with E-state index in [1.165, 1.54) is 4.90 Å². The van der Waals surface area contributed by atoms with E-state index in [9.17, 15) is 9.59 Å². The largest absolute Gasteiger partial charge is 0.383 e. The third-order valence-corrected chi connectivity index (χ3v) is 4.71. The van der Waals surface area contributed by atoms with Gasteiger partial charge in [0.05, 0.1) is 16.9 Å². The normalized spacial score (nSPS) is 11.3. The molecule has 30 heavy (non-hydrogen) atoms. The molecule has 3 aromatic rings. The van der Waals surface area contributed by atoms with Gasteiger partial charge in [-0.15, -0.1) is 0 Å². The maximum Gasteiger partial charge on any atom is 0.323 e. The van der Waals surface area contributed by atoms with E-state index in [0.717, 1.165) is 5.56 Å². The van der Waals surface area contributed by atoms with Gasteiger partial charge in [-0.05, 0) is 52.0 Å². The van der Waals surface area contributed by atoms with Crippen molar-refractivity contribution in [1.29, 1.82) is 0 Å². The molecule has 156 valence electrons. The second kappa shape index (κ2) is 7.55. The first-order valence-electron chi connectivity index (χ1n) is 9.46. The number of benzene rings is 2. The number of nitrogen functional groups attached to an aromatic ring is 1. The lowest BCUT2D eigenvalue weighted by Gasteiger charge is -2.21. The fraction of sp³-hybridized carbons (Fsp3) is 0.227. The van der Waals surface area contributed by atoms with Crippen molar-refractivity contribution in [3.63, 3.8) is 0 Å². The van der Waals surface area contributed by atoms with Crippen molar-refractivity contribution in [2.24, 2.45) is 11.5 Å². The quantitative estimate of drug-likeness (QED) is 0.611. The van der Waals surface area contributed by atoms with Gasteiger partial charge in [0.15, 0.2) is 0 Å². The molecule has 0 aliphatic rings. The van der Waals surface area contributed by atoms with E-state index >= 15 is 0 Å². The van der Waals surface area contributed by atoms with Gasteiger partial charge in [0.25, 0.3) is 5.91 Å². The Morgan fingerprint density at radius 1 is 0.933 bits per heavy atom. The smallest absolute Gasteiger partial charge is 0.323 e. The molecular formula is C22H26N6O2. The SMILES string of the molecule is Cc1ccc(N(C(N)=O)c2ccc(-c3nn(C(C)(C)C)c(N)c3C(N)=O)cc2)cc1. The van der Waals surface area contributed by atoms with Crippen LogP contribution in [0.25, 0.3) is 11.3 Å². The van der Waals surface area contributed by atoms with Crippen LogP contribution in [0.3, 0.4) is 0 Å². The summed E-state index contributed by atoms with van der Waals surface area (Å²) in [5.41, 5.74) is 20.4. The zero-order valence-corrected chi connectivity index (χ0v) is 17.5. The monoisotopic (exact) mass is 406 g/mol. The van der Waals surface area contributed by atoms with Gasteiger partial charge >= 0.3 is 6.03 Å². The van der Waals surface area contributed by atoms with Gasteiger partial charge in [0.2, 0.25) is 0 Å². The summed E-state index contributed by atoms with van der Waals surface area (Å²) in [5.74, 6) is -0.437. The summed E-state index contributed by atoms with van der Waals surface area (Å²) in [4.78, 5) is 25.6. The van der Waals surface area contributed by atoms with Crippen molar-refractivity contribution >= 4 is 29.1 Å². The first kappa shape index (κ1) is 20.9. The van der Waals surface area contributed by atoms with Crippen molar-refractivity contribution in [2.45, 2.75) is 33.2 Å². The molecule has 0 spiro atoms. The zero-order valence-electron chi connectivity index (χ0n) is 17.5. The molecule has 0 atom stereocenters. The Morgan fingerprint density at radius 2 is 1.43 bits per heavy atom. The lowest BCUT2D eigenvalue weighted by molar-refractivity contribution is 0.100. The van der Waals surface area contributed by atoms with Crippen LogP contribution in [0.5, 0.6) is 0 Å². The van der Waals surface area contributed by atoms with Crippen molar-refractivity contribution in [3.8, 4) is 11.3 Å². The van der Waals surface area contributed by atoms with Crippen molar-refractivity contribution in [2.75, 3.05) is 10.6 Å². The van der Waals surface area contributed by atoms with Crippen LogP contribution in [-0.2, 0) is 5.54 Å². The van der Waals surface area contributed by atoms with E-state index in [0.29, 0.717) is 22.6 Å². The van der Waals surface area contributed by atoms with Crippen LogP contribution in [0, 0.1) is 6.92 Å². The molecule has 6 N–H and O–H groups in total. The van der Waals surface area contributed by atoms with Crippen LogP contribution in [0.4, 0.5) is 22.0 Å². The highest BCUT2D eigenvalue weighted by molar-refractivity contribution is 6.03. The number of primary amides is 2. The molecule has 8 heteroatoms. The molecule has 0 unspecified atom stereocenters. The number of nitrogens with zero attached hydrogens (tertiary/aromatic N) is 3. The highest BCUT2D eigenvalue weighted by Crippen LogP contribution is 2.33. The molecule has 0 saturated carbocycles. The minimum atomic E-state index is -0.652. The Bertz CT molecular complexity index is 1090. The van der Waals surface area contributed by atoms with Crippen molar-refractivity contribution in [1.82, 2.24) is 9.78 Å². The summed E-state index contributed by atoms with van der Waals surface area (Å²) < 4.78 is 1.58. The number of aryl methyl sites for hydroxylation is 1. The molecule has 3 rings (SSSR count). The van der Waals surface area contributed by atoms with E-state index in [1.807, 2.05) is 52.0 Å². The van der Waals surface area contributed by atoms with Gasteiger partial charge in [-0.1, -0.05) is 29.8 Å². The second-order valence-corrected chi connectivity index (χ2v) is 8.11. The molecule has 0 aliphatic carbocycles. The maximum absolute atomic E-state index is 12.1. The van der Waals surface area contributed by atoms with E-state index < -0.39 is 17.5 Å². The minimum Gasteiger partial charge on any atom is -0.383 e. The number of urea groups is 1. The van der Waals surface area contributed by atoms with Crippen LogP contribution in [-0.4, -0.2) is 21.7 Å². The first-order valence-corrected chi connectivity index (χ1v) is 9.46. The minimum absolute atomic E-state index is 0.169. The van der Waals surface area contributed by atoms with Crippen LogP contribution < -0.4 is 22.1 Å². The number of nitrogens with two attached hydrogens (primary N) is 3. The maximum atomic E-state index is 12.1. The summed E-state index contributed by atoms with van der Waals surface area (Å²) >= 11 is 0. The number of aromatic nitrogens is 2. The average Bonchev–Trinajstić information content (AvgIpc) is 3.01. The number of hydrogen-bond donors (Lipinski definition) is 3. The molecule has 0 saturated heterocycles. The van der Waals surface area contributed by atoms with E-state index in [1.54, 1.807) is 28.9 Å². The molecule has 2 aromatic carbocycles. The number of hydrogen-bond acceptors (Lipinski definition) is 4. The molecular weight excluding hydrogens is 380 g/mol. The Labute approximate surface area is 175 Å². The first-order chi connectivity index (χ1) is 14.0. The number of anilines is 3. The van der Waals surface area contributed by atoms with Crippen LogP contribution >= 0.6 is 0 Å². The molecule has 0 bridgehead atoms. The standard InChI is InChI=1S/C22H26N6O2/c1-13-5-9-15(10-6-13)27(21(25)30)16-11-7-14(8-12-16)18-17(20(24)29)19(23)28(26-18)22(2,3)4/h5-12H,23H2,1-4H3,(H2,24,29)(H2,25,30). The lowest BCUT2D eigenvalue weighted by Crippen LogP contribution is -2.31. The number of amides is 3. The average molecular weight is 406 g/mol. The van der Waals surface area contributed by atoms with E-state index in [4.69, 9.17) is 17.2 Å². The highest BCUT2D eigenvalue weighted by Gasteiger charge is 2.27. The number of rotatable bonds is 4. The van der Waals surface area contributed by atoms with Gasteiger partial charge in [-0.3, -0.25) is 9.69 Å². The van der Waals surface area contributed by atoms with Crippen LogP contribution in [0.1, 0.15) is 36.7 Å². The van der Waals surface area contributed by atoms with Crippen LogP contribution in [0.2, 0.25) is 0 Å². The molecule has 0 fully saturated rings. The predicted octanol–water partition coefficient (Wildman–Crippen LogP) is 3.51. The molecule has 1 heterocycles. The Kier molecular flexibility index (Phi) is 5.26. The summed E-state index contributed by atoms with van der Waals surface area (Å²) in [7, 11) is 0. The summed E-state index contributed by atoms with van der Waals surface area (Å²) in [6.07, 6.45) is 0. The van der Waals surface area contributed by atoms with Gasteiger partial charge in [-0.25, -0.2) is 9.48 Å². The van der Waals surface area contributed by atoms with E-state index in [-0.39, 0.29) is 11.4 Å². The second-order valence-electron chi connectivity index (χ2n) is 8.11. The Hall–Kier alpha value is -3.81. The predicted molar refractivity (Wildman–Crippen MR) is 118 cm³/mol. The Balaban J connectivity index is 2.06. The lowest BCUT2D eigenvalue weighted by atomic mass is 10.1. The van der Waals surface area contributed by atoms with E-state index in [2.05, 4.69) is 5.10 Å². The molecule has 1 aromatic heterocycles. The summed E-state index contributed by atoms with van der Waals surface area (Å²) in [6.45, 7) is 7.76. The number of carbonyl (C=O) groups is 2. The summed E-state index contributed by atoms with van der Waals surface area (Å²) in [5, 5.41) is 4.54. The zero-order chi connectivity index (χ0) is 22.2. The Morgan fingerprint density at radius 3 is 1.87 bits per heavy atom. The molecule has 0 radical (unpaired) electrons. The number of carbonyl (C=O) groups excluding carboxylic acids is 2. The third kappa shape index (κ3) is 3.84. The topological polar surface area (TPSA) is 133 Å². The van der Waals surface area contributed by atoms with Gasteiger partial charge in [-0.2, -0.15) is 5.10 Å². The molecule has 3 amide bonds. The van der Waals surface area contributed by atoms with Crippen molar-refractivity contribution in [3.05, 3.63) is 59.7 Å². The molecule has 0 aliphatic heterocycles. The van der Waals surface area contributed by atoms with Crippen LogP contribution in [0.15, 0.2) is 48.5 Å².